The van der Waals surface area contributed by atoms with Gasteiger partial charge >= 0.3 is 0 Å². The maximum Gasteiger partial charge on any atom is 0.226 e. The lowest BCUT2D eigenvalue weighted by atomic mass is 10.0. The summed E-state index contributed by atoms with van der Waals surface area (Å²) in [5.74, 6) is 0.140. The predicted molar refractivity (Wildman–Crippen MR) is 73.4 cm³/mol. The zero-order valence-corrected chi connectivity index (χ0v) is 11.6. The van der Waals surface area contributed by atoms with Gasteiger partial charge in [-0.05, 0) is 23.9 Å². The normalized spacial score (nSPS) is 37.9. The van der Waals surface area contributed by atoms with E-state index in [1.165, 1.54) is 6.33 Å². The van der Waals surface area contributed by atoms with Gasteiger partial charge in [-0.15, -0.1) is 0 Å². The van der Waals surface area contributed by atoms with E-state index in [0.29, 0.717) is 17.6 Å². The first-order valence-electron chi connectivity index (χ1n) is 6.62. The minimum atomic E-state index is -0.997. The number of rotatable bonds is 2. The van der Waals surface area contributed by atoms with Crippen LogP contribution in [-0.2, 0) is 0 Å². The summed E-state index contributed by atoms with van der Waals surface area (Å²) in [6.07, 6.45) is 0.201. The number of halogens is 1. The van der Waals surface area contributed by atoms with Gasteiger partial charge in [0.25, 0.3) is 0 Å². The molecule has 21 heavy (non-hydrogen) atoms. The first kappa shape index (κ1) is 13.2. The van der Waals surface area contributed by atoms with E-state index in [0.717, 1.165) is 0 Å². The third kappa shape index (κ3) is 1.53. The van der Waals surface area contributed by atoms with E-state index in [1.54, 1.807) is 4.57 Å². The number of anilines is 1. The van der Waals surface area contributed by atoms with Crippen molar-refractivity contribution in [3.05, 3.63) is 11.6 Å². The van der Waals surface area contributed by atoms with Crippen LogP contribution in [0.15, 0.2) is 6.33 Å². The number of hydrogen-bond donors (Lipinski definition) is 4. The molecule has 0 aromatic carbocycles. The van der Waals surface area contributed by atoms with Gasteiger partial charge in [0.05, 0.1) is 25.1 Å². The predicted octanol–water partition coefficient (Wildman–Crippen LogP) is -0.663. The van der Waals surface area contributed by atoms with Crippen LogP contribution < -0.4 is 5.73 Å². The molecule has 0 spiro atoms. The first-order valence-corrected chi connectivity index (χ1v) is 7.00. The Morgan fingerprint density at radius 2 is 2.19 bits per heavy atom. The monoisotopic (exact) mass is 311 g/mol. The summed E-state index contributed by atoms with van der Waals surface area (Å²) in [6.45, 7) is -0.156. The summed E-state index contributed by atoms with van der Waals surface area (Å²) in [5, 5.41) is 30.0. The Balaban J connectivity index is 1.85. The second kappa shape index (κ2) is 4.04. The third-order valence-corrected chi connectivity index (χ3v) is 5.06. The highest BCUT2D eigenvalue weighted by Crippen LogP contribution is 2.67. The van der Waals surface area contributed by atoms with E-state index < -0.39 is 23.7 Å². The van der Waals surface area contributed by atoms with E-state index in [2.05, 4.69) is 15.0 Å². The average Bonchev–Trinajstić information content (AvgIpc) is 2.97. The second-order valence-corrected chi connectivity index (χ2v) is 6.17. The lowest BCUT2D eigenvalue weighted by Gasteiger charge is -2.23. The largest absolute Gasteiger partial charge is 0.396 e. The van der Waals surface area contributed by atoms with Gasteiger partial charge in [0.2, 0.25) is 5.28 Å². The topological polar surface area (TPSA) is 130 Å². The lowest BCUT2D eigenvalue weighted by Crippen LogP contribution is -2.35. The molecule has 9 heteroatoms. The fourth-order valence-corrected chi connectivity index (χ4v) is 3.85. The molecule has 0 amide bonds. The fraction of sp³-hybridized carbons (Fsp3) is 0.583. The molecule has 2 saturated carbocycles. The van der Waals surface area contributed by atoms with Crippen molar-refractivity contribution in [2.24, 2.45) is 11.3 Å². The first-order chi connectivity index (χ1) is 9.99. The minimum Gasteiger partial charge on any atom is -0.396 e. The van der Waals surface area contributed by atoms with Crippen LogP contribution in [0.4, 0.5) is 5.82 Å². The Morgan fingerprint density at radius 1 is 1.43 bits per heavy atom. The number of aromatic nitrogens is 4. The van der Waals surface area contributed by atoms with Crippen molar-refractivity contribution in [2.45, 2.75) is 24.7 Å². The molecule has 112 valence electrons. The molecule has 0 aliphatic heterocycles. The zero-order valence-electron chi connectivity index (χ0n) is 10.9. The second-order valence-electron chi connectivity index (χ2n) is 5.83. The summed E-state index contributed by atoms with van der Waals surface area (Å²) < 4.78 is 1.67. The molecule has 1 unspecified atom stereocenters. The van der Waals surface area contributed by atoms with E-state index >= 15 is 0 Å². The maximum absolute atomic E-state index is 10.3. The summed E-state index contributed by atoms with van der Waals surface area (Å²) in [7, 11) is 0. The van der Waals surface area contributed by atoms with Gasteiger partial charge < -0.3 is 25.6 Å². The zero-order chi connectivity index (χ0) is 14.9. The molecule has 2 aliphatic rings. The Bertz CT molecular complexity index is 737. The highest BCUT2D eigenvalue weighted by atomic mass is 35.5. The number of hydrogen-bond acceptors (Lipinski definition) is 7. The average molecular weight is 312 g/mol. The summed E-state index contributed by atoms with van der Waals surface area (Å²) in [5.41, 5.74) is 5.97. The molecule has 0 saturated heterocycles. The number of aliphatic hydroxyl groups excluding tert-OH is 3. The van der Waals surface area contributed by atoms with Gasteiger partial charge in [0, 0.05) is 5.41 Å². The van der Waals surface area contributed by atoms with Crippen LogP contribution in [0.3, 0.4) is 0 Å². The lowest BCUT2D eigenvalue weighted by molar-refractivity contribution is -0.0300. The Kier molecular flexibility index (Phi) is 2.54. The third-order valence-electron chi connectivity index (χ3n) is 4.89. The molecule has 2 aliphatic carbocycles. The van der Waals surface area contributed by atoms with Crippen LogP contribution >= 0.6 is 11.6 Å². The fourth-order valence-electron chi connectivity index (χ4n) is 3.68. The van der Waals surface area contributed by atoms with E-state index in [1.807, 2.05) is 0 Å². The number of nitrogens with zero attached hydrogens (tertiary/aromatic N) is 4. The van der Waals surface area contributed by atoms with Gasteiger partial charge in [0.15, 0.2) is 11.5 Å². The van der Waals surface area contributed by atoms with E-state index in [-0.39, 0.29) is 23.6 Å². The van der Waals surface area contributed by atoms with Crippen LogP contribution in [0.25, 0.3) is 11.2 Å². The van der Waals surface area contributed by atoms with Crippen molar-refractivity contribution < 1.29 is 15.3 Å². The Hall–Kier alpha value is -1.48. The van der Waals surface area contributed by atoms with Gasteiger partial charge in [-0.3, -0.25) is 0 Å². The number of nitrogen functional groups attached to an aromatic ring is 1. The van der Waals surface area contributed by atoms with Crippen molar-refractivity contribution >= 4 is 28.6 Å². The van der Waals surface area contributed by atoms with Crippen molar-refractivity contribution in [1.29, 1.82) is 0 Å². The van der Waals surface area contributed by atoms with E-state index in [9.17, 15) is 15.3 Å². The molecule has 2 aromatic rings. The molecule has 0 radical (unpaired) electrons. The molecular weight excluding hydrogens is 298 g/mol. The van der Waals surface area contributed by atoms with Crippen LogP contribution in [0.2, 0.25) is 5.28 Å². The number of nitrogens with two attached hydrogens (primary N) is 1. The van der Waals surface area contributed by atoms with Gasteiger partial charge in [-0.25, -0.2) is 4.98 Å². The standard InChI is InChI=1S/C12H14ClN5O3/c13-11-16-9(14)5-10(17-11)18(3-15-5)6-4-1-12(4,2-19)8(21)7(6)20/h3-4,6-8,19-21H,1-2H2,(H2,14,16,17)/t4-,6-,7+,8+,12?/m1/s1. The molecule has 5 N–H and O–H groups in total. The Labute approximate surface area is 124 Å². The van der Waals surface area contributed by atoms with Crippen molar-refractivity contribution in [3.8, 4) is 0 Å². The molecule has 2 heterocycles. The summed E-state index contributed by atoms with van der Waals surface area (Å²) in [6, 6.07) is -0.414. The summed E-state index contributed by atoms with van der Waals surface area (Å²) in [4.78, 5) is 12.1. The smallest absolute Gasteiger partial charge is 0.226 e. The Morgan fingerprint density at radius 3 is 2.86 bits per heavy atom. The highest BCUT2D eigenvalue weighted by molar-refractivity contribution is 6.28. The van der Waals surface area contributed by atoms with Gasteiger partial charge in [-0.2, -0.15) is 9.97 Å². The number of fused-ring (bicyclic) bond motifs is 2. The molecule has 2 fully saturated rings. The van der Waals surface area contributed by atoms with Crippen molar-refractivity contribution in [1.82, 2.24) is 19.5 Å². The van der Waals surface area contributed by atoms with Gasteiger partial charge in [0.1, 0.15) is 11.6 Å². The van der Waals surface area contributed by atoms with Gasteiger partial charge in [-0.1, -0.05) is 0 Å². The van der Waals surface area contributed by atoms with Crippen molar-refractivity contribution in [3.63, 3.8) is 0 Å². The molecular formula is C12H14ClN5O3. The van der Waals surface area contributed by atoms with Crippen LogP contribution in [-0.4, -0.2) is 53.7 Å². The van der Waals surface area contributed by atoms with Crippen molar-refractivity contribution in [2.75, 3.05) is 12.3 Å². The molecule has 8 nitrogen and oxygen atoms in total. The van der Waals surface area contributed by atoms with Crippen LogP contribution in [0.1, 0.15) is 12.5 Å². The van der Waals surface area contributed by atoms with Crippen LogP contribution in [0.5, 0.6) is 0 Å². The number of imidazole rings is 1. The molecule has 4 rings (SSSR count). The molecule has 2 aromatic heterocycles. The molecule has 5 atom stereocenters. The highest BCUT2D eigenvalue weighted by Gasteiger charge is 2.71. The quantitative estimate of drug-likeness (QED) is 0.541. The molecule has 0 bridgehead atoms. The maximum atomic E-state index is 10.3. The van der Waals surface area contributed by atoms with E-state index in [4.69, 9.17) is 17.3 Å². The SMILES string of the molecule is Nc1nc(Cl)nc2c1ncn2[C@H]1[C@H](O)[C@H](O)C2(CO)C[C@H]12. The summed E-state index contributed by atoms with van der Waals surface area (Å²) >= 11 is 5.83. The minimum absolute atomic E-state index is 0.000923. The number of aliphatic hydroxyl groups is 3. The van der Waals surface area contributed by atoms with Crippen LogP contribution in [0, 0.1) is 11.3 Å².